The Bertz CT molecular complexity index is 605. The van der Waals surface area contributed by atoms with E-state index < -0.39 is 0 Å². The normalized spacial score (nSPS) is 10.3. The van der Waals surface area contributed by atoms with Crippen molar-refractivity contribution in [1.82, 2.24) is 10.2 Å². The van der Waals surface area contributed by atoms with E-state index in [4.69, 9.17) is 10.5 Å². The molecule has 0 unspecified atom stereocenters. The van der Waals surface area contributed by atoms with E-state index >= 15 is 0 Å². The maximum atomic E-state index is 12.1. The van der Waals surface area contributed by atoms with E-state index in [2.05, 4.69) is 31.4 Å². The molecule has 0 saturated carbocycles. The first-order valence-corrected chi connectivity index (χ1v) is 6.27. The summed E-state index contributed by atoms with van der Waals surface area (Å²) < 4.78 is 5.98. The van der Waals surface area contributed by atoms with Crippen LogP contribution < -0.4 is 15.8 Å². The quantitative estimate of drug-likeness (QED) is 0.807. The molecule has 7 heteroatoms. The maximum Gasteiger partial charge on any atom is 0.261 e. The van der Waals surface area contributed by atoms with Gasteiger partial charge in [0.05, 0.1) is 11.6 Å². The number of aryl methyl sites for hydroxylation is 1. The summed E-state index contributed by atoms with van der Waals surface area (Å²) in [5, 5.41) is 9.20. The van der Waals surface area contributed by atoms with E-state index in [1.54, 1.807) is 32.2 Å². The molecule has 0 radical (unpaired) electrons. The topological polar surface area (TPSA) is 93.0 Å². The molecular formula is C12H13BrN4O2. The van der Waals surface area contributed by atoms with Crippen LogP contribution in [0.25, 0.3) is 0 Å². The Balaban J connectivity index is 2.24. The van der Waals surface area contributed by atoms with Crippen LogP contribution in [-0.2, 0) is 0 Å². The lowest BCUT2D eigenvalue weighted by molar-refractivity contribution is 0.102. The smallest absolute Gasteiger partial charge is 0.261 e. The van der Waals surface area contributed by atoms with Crippen LogP contribution in [0.15, 0.2) is 22.7 Å². The van der Waals surface area contributed by atoms with Gasteiger partial charge in [0, 0.05) is 17.4 Å². The zero-order valence-electron chi connectivity index (χ0n) is 10.5. The van der Waals surface area contributed by atoms with Gasteiger partial charge in [-0.25, -0.2) is 0 Å². The number of amides is 1. The monoisotopic (exact) mass is 324 g/mol. The summed E-state index contributed by atoms with van der Waals surface area (Å²) in [5.74, 6) is 0.502. The van der Waals surface area contributed by atoms with Crippen LogP contribution in [0.1, 0.15) is 16.1 Å². The summed E-state index contributed by atoms with van der Waals surface area (Å²) in [6.45, 7) is 1.74. The second-order valence-electron chi connectivity index (χ2n) is 3.91. The number of ether oxygens (including phenoxy) is 1. The van der Waals surface area contributed by atoms with Gasteiger partial charge in [0.15, 0.2) is 5.82 Å². The predicted molar refractivity (Wildman–Crippen MR) is 76.4 cm³/mol. The van der Waals surface area contributed by atoms with Crippen molar-refractivity contribution in [2.75, 3.05) is 18.2 Å². The van der Waals surface area contributed by atoms with Crippen molar-refractivity contribution in [2.45, 2.75) is 6.92 Å². The number of carbonyl (C=O) groups excluding carboxylic acids is 1. The second kappa shape index (κ2) is 5.31. The minimum atomic E-state index is -0.312. The first-order chi connectivity index (χ1) is 9.02. The van der Waals surface area contributed by atoms with Gasteiger partial charge in [-0.3, -0.25) is 9.89 Å². The number of nitrogens with zero attached hydrogens (tertiary/aromatic N) is 1. The number of nitrogen functional groups attached to an aromatic ring is 1. The van der Waals surface area contributed by atoms with Gasteiger partial charge in [-0.15, -0.1) is 0 Å². The number of H-pyrrole nitrogens is 1. The second-order valence-corrected chi connectivity index (χ2v) is 4.77. The van der Waals surface area contributed by atoms with Crippen LogP contribution in [0, 0.1) is 6.92 Å². The third-order valence-corrected chi connectivity index (χ3v) is 3.27. The molecule has 1 heterocycles. The molecule has 0 atom stereocenters. The molecule has 4 N–H and O–H groups in total. The van der Waals surface area contributed by atoms with Crippen molar-refractivity contribution < 1.29 is 9.53 Å². The van der Waals surface area contributed by atoms with E-state index in [9.17, 15) is 4.79 Å². The van der Waals surface area contributed by atoms with E-state index in [-0.39, 0.29) is 11.7 Å². The first-order valence-electron chi connectivity index (χ1n) is 5.48. The lowest BCUT2D eigenvalue weighted by Gasteiger charge is -2.08. The van der Waals surface area contributed by atoms with Crippen LogP contribution in [0.4, 0.5) is 11.5 Å². The number of nitrogens with one attached hydrogen (secondary N) is 2. The Morgan fingerprint density at radius 2 is 2.26 bits per heavy atom. The van der Waals surface area contributed by atoms with E-state index in [1.807, 2.05) is 0 Å². The van der Waals surface area contributed by atoms with Gasteiger partial charge in [0.25, 0.3) is 5.91 Å². The molecule has 0 bridgehead atoms. The highest BCUT2D eigenvalue weighted by molar-refractivity contribution is 9.10. The zero-order chi connectivity index (χ0) is 14.0. The van der Waals surface area contributed by atoms with Crippen LogP contribution in [-0.4, -0.2) is 23.2 Å². The van der Waals surface area contributed by atoms with Crippen molar-refractivity contribution in [1.29, 1.82) is 0 Å². The molecule has 2 aromatic rings. The summed E-state index contributed by atoms with van der Waals surface area (Å²) in [6.07, 6.45) is 0. The average Bonchev–Trinajstić information content (AvgIpc) is 2.71. The molecule has 1 aromatic carbocycles. The average molecular weight is 325 g/mol. The summed E-state index contributed by atoms with van der Waals surface area (Å²) in [7, 11) is 1.56. The summed E-state index contributed by atoms with van der Waals surface area (Å²) in [4.78, 5) is 12.1. The number of methoxy groups -OCH3 is 1. The fourth-order valence-corrected chi connectivity index (χ4v) is 2.07. The Morgan fingerprint density at radius 1 is 1.53 bits per heavy atom. The van der Waals surface area contributed by atoms with Crippen LogP contribution >= 0.6 is 15.9 Å². The van der Waals surface area contributed by atoms with Crippen LogP contribution in [0.5, 0.6) is 5.75 Å². The van der Waals surface area contributed by atoms with Crippen molar-refractivity contribution >= 4 is 33.3 Å². The number of carbonyl (C=O) groups is 1. The number of nitrogens with two attached hydrogens (primary N) is 1. The Morgan fingerprint density at radius 3 is 2.84 bits per heavy atom. The Labute approximate surface area is 118 Å². The third-order valence-electron chi connectivity index (χ3n) is 2.61. The van der Waals surface area contributed by atoms with E-state index in [0.29, 0.717) is 22.7 Å². The van der Waals surface area contributed by atoms with Gasteiger partial charge < -0.3 is 15.8 Å². The molecule has 2 rings (SSSR count). The Kier molecular flexibility index (Phi) is 3.75. The number of hydrogen-bond donors (Lipinski definition) is 3. The molecule has 0 fully saturated rings. The van der Waals surface area contributed by atoms with Gasteiger partial charge in [-0.1, -0.05) is 0 Å². The molecule has 1 amide bonds. The highest BCUT2D eigenvalue weighted by Crippen LogP contribution is 2.28. The molecular weight excluding hydrogens is 312 g/mol. The maximum absolute atomic E-state index is 12.1. The van der Waals surface area contributed by atoms with Gasteiger partial charge in [-0.2, -0.15) is 5.10 Å². The minimum absolute atomic E-state index is 0.180. The van der Waals surface area contributed by atoms with Gasteiger partial charge in [0.2, 0.25) is 0 Å². The molecule has 6 nitrogen and oxygen atoms in total. The van der Waals surface area contributed by atoms with Gasteiger partial charge in [0.1, 0.15) is 11.3 Å². The predicted octanol–water partition coefficient (Wildman–Crippen LogP) is 2.32. The zero-order valence-corrected chi connectivity index (χ0v) is 12.0. The van der Waals surface area contributed by atoms with Crippen molar-refractivity contribution in [2.24, 2.45) is 0 Å². The van der Waals surface area contributed by atoms with Crippen LogP contribution in [0.3, 0.4) is 0 Å². The summed E-state index contributed by atoms with van der Waals surface area (Å²) in [6, 6.07) is 5.27. The molecule has 0 spiro atoms. The number of benzene rings is 1. The molecule has 0 aliphatic heterocycles. The fourth-order valence-electron chi connectivity index (χ4n) is 1.67. The highest BCUT2D eigenvalue weighted by Gasteiger charge is 2.16. The summed E-state index contributed by atoms with van der Waals surface area (Å²) in [5.41, 5.74) is 7.23. The fraction of sp³-hybridized carbons (Fsp3) is 0.167. The molecule has 100 valence electrons. The number of hydrogen-bond acceptors (Lipinski definition) is 4. The molecule has 0 aliphatic rings. The molecule has 0 saturated heterocycles. The number of anilines is 2. The standard InChI is InChI=1S/C12H13BrN4O2/c1-6-10(11(14)17-16-6)12(18)15-7-3-4-8(13)9(5-7)19-2/h3-5H,1-2H3,(H,15,18)(H3,14,16,17). The van der Waals surface area contributed by atoms with Crippen LogP contribution in [0.2, 0.25) is 0 Å². The highest BCUT2D eigenvalue weighted by atomic mass is 79.9. The lowest BCUT2D eigenvalue weighted by atomic mass is 10.2. The van der Waals surface area contributed by atoms with E-state index in [1.165, 1.54) is 0 Å². The number of aromatic amines is 1. The number of halogens is 1. The first kappa shape index (κ1) is 13.4. The Hall–Kier alpha value is -2.02. The minimum Gasteiger partial charge on any atom is -0.495 e. The van der Waals surface area contributed by atoms with E-state index in [0.717, 1.165) is 4.47 Å². The SMILES string of the molecule is COc1cc(NC(=O)c2c(N)n[nH]c2C)ccc1Br. The lowest BCUT2D eigenvalue weighted by Crippen LogP contribution is -2.14. The summed E-state index contributed by atoms with van der Waals surface area (Å²) >= 11 is 3.35. The third kappa shape index (κ3) is 2.70. The molecule has 0 aliphatic carbocycles. The number of rotatable bonds is 3. The molecule has 1 aromatic heterocycles. The molecule has 19 heavy (non-hydrogen) atoms. The van der Waals surface area contributed by atoms with Crippen molar-refractivity contribution in [3.8, 4) is 5.75 Å². The van der Waals surface area contributed by atoms with Crippen molar-refractivity contribution in [3.05, 3.63) is 33.9 Å². The van der Waals surface area contributed by atoms with Crippen molar-refractivity contribution in [3.63, 3.8) is 0 Å². The largest absolute Gasteiger partial charge is 0.495 e. The number of aromatic nitrogens is 2. The van der Waals surface area contributed by atoms with Gasteiger partial charge >= 0.3 is 0 Å². The van der Waals surface area contributed by atoms with Gasteiger partial charge in [-0.05, 0) is 35.0 Å².